The summed E-state index contributed by atoms with van der Waals surface area (Å²) in [6, 6.07) is 2.91. The Morgan fingerprint density at radius 2 is 1.83 bits per heavy atom. The normalized spacial score (nSPS) is 10.5. The zero-order valence-corrected chi connectivity index (χ0v) is 14.4. The molecule has 0 fully saturated rings. The number of benzene rings is 1. The van der Waals surface area contributed by atoms with E-state index < -0.39 is 5.82 Å². The van der Waals surface area contributed by atoms with Gasteiger partial charge in [-0.25, -0.2) is 4.39 Å². The molecule has 6 heteroatoms. The van der Waals surface area contributed by atoms with Crippen molar-refractivity contribution in [2.75, 3.05) is 0 Å². The third-order valence-electron chi connectivity index (χ3n) is 3.78. The molecule has 0 aliphatic carbocycles. The van der Waals surface area contributed by atoms with Crippen molar-refractivity contribution in [2.24, 2.45) is 7.05 Å². The van der Waals surface area contributed by atoms with E-state index in [1.165, 1.54) is 29.8 Å². The van der Waals surface area contributed by atoms with E-state index in [0.29, 0.717) is 34.2 Å². The summed E-state index contributed by atoms with van der Waals surface area (Å²) < 4.78 is 15.5. The molecule has 0 amide bonds. The number of carbonyl (C=O) groups excluding carboxylic acids is 1. The number of pyridine rings is 1. The number of aldehydes is 1. The van der Waals surface area contributed by atoms with Gasteiger partial charge in [0.1, 0.15) is 6.29 Å². The van der Waals surface area contributed by atoms with Gasteiger partial charge in [0.15, 0.2) is 5.82 Å². The molecule has 0 aliphatic rings. The highest BCUT2D eigenvalue weighted by Crippen LogP contribution is 2.38. The second-order valence-electron chi connectivity index (χ2n) is 5.02. The van der Waals surface area contributed by atoms with E-state index in [1.807, 2.05) is 0 Å². The quantitative estimate of drug-likeness (QED) is 0.576. The summed E-state index contributed by atoms with van der Waals surface area (Å²) in [4.78, 5) is 23.6. The number of hydrogen-bond acceptors (Lipinski definition) is 2. The molecule has 0 bridgehead atoms. The molecule has 1 heterocycles. The Bertz CT molecular complexity index is 916. The summed E-state index contributed by atoms with van der Waals surface area (Å²) >= 11 is 11.9. The van der Waals surface area contributed by atoms with Gasteiger partial charge < -0.3 is 9.36 Å². The minimum atomic E-state index is -0.767. The summed E-state index contributed by atoms with van der Waals surface area (Å²) in [5.74, 6) is -0.767. The number of carbonyl (C=O) groups is 1. The Morgan fingerprint density at radius 3 is 2.38 bits per heavy atom. The maximum atomic E-state index is 14.1. The second kappa shape index (κ2) is 7.16. The van der Waals surface area contributed by atoms with Gasteiger partial charge in [0, 0.05) is 35.9 Å². The molecule has 2 rings (SSSR count). The molecule has 0 spiro atoms. The molecule has 0 unspecified atom stereocenters. The van der Waals surface area contributed by atoms with Crippen LogP contribution in [-0.4, -0.2) is 10.9 Å². The number of aromatic nitrogens is 1. The van der Waals surface area contributed by atoms with Crippen LogP contribution < -0.4 is 5.56 Å². The molecule has 0 atom stereocenters. The Labute approximate surface area is 148 Å². The average Bonchev–Trinajstić information content (AvgIpc) is 2.57. The number of rotatable bonds is 5. The highest BCUT2D eigenvalue weighted by Gasteiger charge is 2.22. The van der Waals surface area contributed by atoms with Gasteiger partial charge in [-0.2, -0.15) is 0 Å². The Kier molecular flexibility index (Phi) is 5.42. The van der Waals surface area contributed by atoms with Crippen molar-refractivity contribution >= 4 is 41.6 Å². The zero-order valence-electron chi connectivity index (χ0n) is 12.9. The van der Waals surface area contributed by atoms with Crippen LogP contribution in [-0.2, 0) is 18.3 Å². The fraction of sp³-hybridized carbons (Fsp3) is 0.111. The summed E-state index contributed by atoms with van der Waals surface area (Å²) in [5.41, 5.74) is 1.58. The van der Waals surface area contributed by atoms with Gasteiger partial charge in [-0.1, -0.05) is 54.6 Å². The van der Waals surface area contributed by atoms with E-state index in [1.54, 1.807) is 6.07 Å². The van der Waals surface area contributed by atoms with E-state index in [-0.39, 0.29) is 22.0 Å². The third kappa shape index (κ3) is 2.83. The topological polar surface area (TPSA) is 39.1 Å². The van der Waals surface area contributed by atoms with Gasteiger partial charge in [-0.15, -0.1) is 0 Å². The Hall–Kier alpha value is -2.17. The molecule has 0 aliphatic heterocycles. The first-order chi connectivity index (χ1) is 11.4. The van der Waals surface area contributed by atoms with Crippen molar-refractivity contribution in [1.29, 1.82) is 0 Å². The predicted molar refractivity (Wildman–Crippen MR) is 97.0 cm³/mol. The van der Waals surface area contributed by atoms with E-state index in [0.717, 1.165) is 0 Å². The van der Waals surface area contributed by atoms with Crippen LogP contribution in [0, 0.1) is 5.82 Å². The molecular weight excluding hydrogens is 352 g/mol. The van der Waals surface area contributed by atoms with E-state index in [2.05, 4.69) is 13.2 Å². The van der Waals surface area contributed by atoms with Gasteiger partial charge >= 0.3 is 0 Å². The van der Waals surface area contributed by atoms with Crippen molar-refractivity contribution in [3.8, 4) is 11.1 Å². The molecule has 1 aromatic carbocycles. The van der Waals surface area contributed by atoms with Gasteiger partial charge in [0.05, 0.1) is 10.0 Å². The molecule has 3 nitrogen and oxygen atoms in total. The predicted octanol–water partition coefficient (Wildman–Crippen LogP) is 4.53. The first-order valence-corrected chi connectivity index (χ1v) is 7.72. The number of hydrogen-bond donors (Lipinski definition) is 0. The van der Waals surface area contributed by atoms with Gasteiger partial charge in [0.25, 0.3) is 5.56 Å². The van der Waals surface area contributed by atoms with Crippen molar-refractivity contribution in [1.82, 2.24) is 4.57 Å². The first kappa shape index (κ1) is 18.2. The lowest BCUT2D eigenvalue weighted by molar-refractivity contribution is -0.107. The van der Waals surface area contributed by atoms with Gasteiger partial charge in [-0.05, 0) is 11.6 Å². The van der Waals surface area contributed by atoms with Crippen LogP contribution in [0.2, 0.25) is 10.0 Å². The highest BCUT2D eigenvalue weighted by atomic mass is 35.5. The molecule has 0 saturated carbocycles. The molecular formula is C18H14Cl2FNO2. The lowest BCUT2D eigenvalue weighted by Gasteiger charge is -2.19. The average molecular weight is 366 g/mol. The maximum Gasteiger partial charge on any atom is 0.258 e. The van der Waals surface area contributed by atoms with Crippen molar-refractivity contribution in [3.05, 3.63) is 68.3 Å². The highest BCUT2D eigenvalue weighted by molar-refractivity contribution is 6.36. The molecule has 0 saturated heterocycles. The van der Waals surface area contributed by atoms with E-state index >= 15 is 0 Å². The smallest absolute Gasteiger partial charge is 0.258 e. The zero-order chi connectivity index (χ0) is 18.0. The summed E-state index contributed by atoms with van der Waals surface area (Å²) in [6.45, 7) is 7.37. The Morgan fingerprint density at radius 1 is 1.21 bits per heavy atom. The lowest BCUT2D eigenvalue weighted by Crippen LogP contribution is -2.25. The molecule has 24 heavy (non-hydrogen) atoms. The van der Waals surface area contributed by atoms with Crippen LogP contribution in [0.15, 0.2) is 30.1 Å². The van der Waals surface area contributed by atoms with Crippen molar-refractivity contribution in [2.45, 2.75) is 6.42 Å². The lowest BCUT2D eigenvalue weighted by atomic mass is 9.93. The van der Waals surface area contributed by atoms with E-state index in [9.17, 15) is 14.0 Å². The minimum absolute atomic E-state index is 0.0418. The molecule has 2 aromatic rings. The summed E-state index contributed by atoms with van der Waals surface area (Å²) in [6.07, 6.45) is 3.48. The SMILES string of the molecule is C=Cc1c(-c2ccc(Cl)c(F)c2Cl)c(CC=O)n(C)c(=O)c1C=C. The first-order valence-electron chi connectivity index (χ1n) is 6.97. The fourth-order valence-corrected chi connectivity index (χ4v) is 3.09. The Balaban J connectivity index is 3.06. The molecule has 0 N–H and O–H groups in total. The fourth-order valence-electron chi connectivity index (χ4n) is 2.62. The van der Waals surface area contributed by atoms with Crippen LogP contribution in [0.1, 0.15) is 16.8 Å². The van der Waals surface area contributed by atoms with Gasteiger partial charge in [-0.3, -0.25) is 4.79 Å². The minimum Gasteiger partial charge on any atom is -0.314 e. The molecule has 0 radical (unpaired) electrons. The molecule has 1 aromatic heterocycles. The van der Waals surface area contributed by atoms with Crippen LogP contribution in [0.4, 0.5) is 4.39 Å². The largest absolute Gasteiger partial charge is 0.314 e. The standard InChI is InChI=1S/C18H14Cl2FNO2/c1-4-10-11(5-2)18(24)22(3)14(8-9-23)15(10)12-6-7-13(19)17(21)16(12)20/h4-7,9H,1-2,8H2,3H3. The van der Waals surface area contributed by atoms with Crippen molar-refractivity contribution in [3.63, 3.8) is 0 Å². The second-order valence-corrected chi connectivity index (χ2v) is 5.80. The van der Waals surface area contributed by atoms with Crippen LogP contribution in [0.3, 0.4) is 0 Å². The monoisotopic (exact) mass is 365 g/mol. The van der Waals surface area contributed by atoms with E-state index in [4.69, 9.17) is 23.2 Å². The molecule has 124 valence electrons. The van der Waals surface area contributed by atoms with Crippen molar-refractivity contribution < 1.29 is 9.18 Å². The summed E-state index contributed by atoms with van der Waals surface area (Å²) in [7, 11) is 1.53. The number of halogens is 3. The summed E-state index contributed by atoms with van der Waals surface area (Å²) in [5, 5.41) is -0.305. The van der Waals surface area contributed by atoms with Crippen LogP contribution in [0.5, 0.6) is 0 Å². The van der Waals surface area contributed by atoms with Crippen LogP contribution in [0.25, 0.3) is 23.3 Å². The maximum absolute atomic E-state index is 14.1. The van der Waals surface area contributed by atoms with Gasteiger partial charge in [0.2, 0.25) is 0 Å². The number of nitrogens with zero attached hydrogens (tertiary/aromatic N) is 1. The van der Waals surface area contributed by atoms with Crippen LogP contribution >= 0.6 is 23.2 Å². The third-order valence-corrected chi connectivity index (χ3v) is 4.44.